The summed E-state index contributed by atoms with van der Waals surface area (Å²) in [7, 11) is 0.791. The number of aromatic nitrogens is 2. The van der Waals surface area contributed by atoms with E-state index >= 15 is 0 Å². The third-order valence-electron chi connectivity index (χ3n) is 4.98. The highest BCUT2D eigenvalue weighted by Crippen LogP contribution is 2.38. The van der Waals surface area contributed by atoms with Crippen molar-refractivity contribution in [3.63, 3.8) is 0 Å². The van der Waals surface area contributed by atoms with Crippen LogP contribution in [0.4, 0.5) is 11.6 Å². The third kappa shape index (κ3) is 4.21. The number of rotatable bonds is 6. The average Bonchev–Trinajstić information content (AvgIpc) is 2.58. The molecule has 1 unspecified atom stereocenters. The Bertz CT molecular complexity index is 693. The minimum Gasteiger partial charge on any atom is -0.371 e. The van der Waals surface area contributed by atoms with Crippen molar-refractivity contribution in [2.24, 2.45) is 5.92 Å². The van der Waals surface area contributed by atoms with Crippen molar-refractivity contribution < 1.29 is 13.2 Å². The van der Waals surface area contributed by atoms with Crippen molar-refractivity contribution in [3.8, 4) is 0 Å². The molecule has 8 nitrogen and oxygen atoms in total. The summed E-state index contributed by atoms with van der Waals surface area (Å²) in [6.45, 7) is 4.36. The van der Waals surface area contributed by atoms with Crippen molar-refractivity contribution in [2.75, 3.05) is 55.9 Å². The van der Waals surface area contributed by atoms with Crippen LogP contribution in [0.2, 0.25) is 0 Å². The van der Waals surface area contributed by atoms with Gasteiger partial charge in [-0.3, -0.25) is 0 Å². The highest BCUT2D eigenvalue weighted by molar-refractivity contribution is 7.89. The topological polar surface area (TPSA) is 87.7 Å². The predicted molar refractivity (Wildman–Crippen MR) is 97.4 cm³/mol. The lowest BCUT2D eigenvalue weighted by molar-refractivity contribution is -0.114. The minimum atomic E-state index is -3.13. The molecular weight excluding hydrogens is 342 g/mol. The van der Waals surface area contributed by atoms with Crippen molar-refractivity contribution in [2.45, 2.75) is 25.4 Å². The molecule has 0 saturated carbocycles. The normalized spacial score (nSPS) is 22.7. The van der Waals surface area contributed by atoms with Crippen LogP contribution in [0.1, 0.15) is 19.8 Å². The van der Waals surface area contributed by atoms with Crippen LogP contribution in [0.5, 0.6) is 0 Å². The van der Waals surface area contributed by atoms with E-state index in [9.17, 15) is 8.42 Å². The minimum absolute atomic E-state index is 0.108. The first-order chi connectivity index (χ1) is 11.8. The molecule has 2 aliphatic heterocycles. The Labute approximate surface area is 149 Å². The molecule has 25 heavy (non-hydrogen) atoms. The number of nitrogens with zero attached hydrogens (tertiary/aromatic N) is 4. The molecule has 0 amide bonds. The van der Waals surface area contributed by atoms with Crippen molar-refractivity contribution in [1.29, 1.82) is 0 Å². The lowest BCUT2D eigenvalue weighted by atomic mass is 9.83. The van der Waals surface area contributed by atoms with Crippen LogP contribution < -0.4 is 14.5 Å². The molecule has 1 spiro atoms. The van der Waals surface area contributed by atoms with Crippen LogP contribution in [0.15, 0.2) is 12.4 Å². The maximum absolute atomic E-state index is 11.5. The first-order valence-electron chi connectivity index (χ1n) is 8.68. The Morgan fingerprint density at radius 2 is 2.16 bits per heavy atom. The number of ether oxygens (including phenoxy) is 1. The molecule has 3 rings (SSSR count). The highest BCUT2D eigenvalue weighted by atomic mass is 32.2. The van der Waals surface area contributed by atoms with Crippen LogP contribution in [0.3, 0.4) is 0 Å². The predicted octanol–water partition coefficient (Wildman–Crippen LogP) is 0.467. The summed E-state index contributed by atoms with van der Waals surface area (Å²) in [6, 6.07) is 1.98. The molecule has 1 aromatic rings. The quantitative estimate of drug-likeness (QED) is 0.780. The van der Waals surface area contributed by atoms with Crippen LogP contribution in [0, 0.1) is 5.92 Å². The Hall–Kier alpha value is -1.45. The van der Waals surface area contributed by atoms with Crippen molar-refractivity contribution in [1.82, 2.24) is 14.7 Å². The van der Waals surface area contributed by atoms with Gasteiger partial charge in [-0.05, 0) is 25.7 Å². The molecule has 0 aliphatic carbocycles. The number of anilines is 2. The molecule has 2 aliphatic rings. The van der Waals surface area contributed by atoms with Gasteiger partial charge in [0.15, 0.2) is 0 Å². The number of hydrogen-bond donors (Lipinski definition) is 1. The average molecular weight is 369 g/mol. The van der Waals surface area contributed by atoms with Gasteiger partial charge < -0.3 is 14.5 Å². The molecule has 2 fully saturated rings. The largest absolute Gasteiger partial charge is 0.371 e. The third-order valence-corrected chi connectivity index (χ3v) is 6.35. The fourth-order valence-electron chi connectivity index (χ4n) is 3.24. The van der Waals surface area contributed by atoms with E-state index in [4.69, 9.17) is 4.74 Å². The van der Waals surface area contributed by atoms with Crippen LogP contribution in [-0.4, -0.2) is 70.1 Å². The smallest absolute Gasteiger partial charge is 0.211 e. The van der Waals surface area contributed by atoms with Gasteiger partial charge in [0.1, 0.15) is 23.6 Å². The summed E-state index contributed by atoms with van der Waals surface area (Å²) in [5.41, 5.74) is -0.108. The fourth-order valence-corrected chi connectivity index (χ4v) is 3.93. The molecule has 1 aromatic heterocycles. The van der Waals surface area contributed by atoms with Crippen LogP contribution >= 0.6 is 0 Å². The van der Waals surface area contributed by atoms with E-state index in [0.717, 1.165) is 37.6 Å². The monoisotopic (exact) mass is 369 g/mol. The number of hydrogen-bond acceptors (Lipinski definition) is 7. The zero-order valence-electron chi connectivity index (χ0n) is 15.1. The maximum atomic E-state index is 11.5. The van der Waals surface area contributed by atoms with Crippen LogP contribution in [0.25, 0.3) is 0 Å². The first kappa shape index (κ1) is 18.3. The lowest BCUT2D eigenvalue weighted by Crippen LogP contribution is -2.65. The van der Waals surface area contributed by atoms with Gasteiger partial charge >= 0.3 is 0 Å². The van der Waals surface area contributed by atoms with Gasteiger partial charge in [-0.25, -0.2) is 23.1 Å². The molecule has 1 N–H and O–H groups in total. The summed E-state index contributed by atoms with van der Waals surface area (Å²) in [5.74, 6) is 2.18. The van der Waals surface area contributed by atoms with E-state index in [1.807, 2.05) is 25.1 Å². The Morgan fingerprint density at radius 3 is 2.76 bits per heavy atom. The Kier molecular flexibility index (Phi) is 5.17. The summed E-state index contributed by atoms with van der Waals surface area (Å²) in [4.78, 5) is 12.8. The standard InChI is InChI=1S/C16H27N5O3S/c1-4-25(22,23)19-8-13-5-6-16(24-9-13)10-21(11-16)15-7-14(20(2)3)17-12-18-15/h7,12-13,19H,4-6,8-11H2,1-3H3. The molecule has 2 saturated heterocycles. The number of nitrogens with one attached hydrogen (secondary N) is 1. The molecule has 140 valence electrons. The molecule has 0 aromatic carbocycles. The summed E-state index contributed by atoms with van der Waals surface area (Å²) < 4.78 is 31.8. The summed E-state index contributed by atoms with van der Waals surface area (Å²) in [5, 5.41) is 0. The maximum Gasteiger partial charge on any atom is 0.211 e. The first-order valence-corrected chi connectivity index (χ1v) is 10.3. The number of sulfonamides is 1. The van der Waals surface area contributed by atoms with Gasteiger partial charge in [0.05, 0.1) is 25.4 Å². The van der Waals surface area contributed by atoms with Crippen LogP contribution in [-0.2, 0) is 14.8 Å². The summed E-state index contributed by atoms with van der Waals surface area (Å²) in [6.07, 6.45) is 3.52. The molecule has 0 bridgehead atoms. The zero-order chi connectivity index (χ0) is 18.1. The Morgan fingerprint density at radius 1 is 1.40 bits per heavy atom. The van der Waals surface area contributed by atoms with Gasteiger partial charge in [0.2, 0.25) is 10.0 Å². The molecule has 9 heteroatoms. The Balaban J connectivity index is 1.49. The van der Waals surface area contributed by atoms with Gasteiger partial charge in [-0.15, -0.1) is 0 Å². The molecular formula is C16H27N5O3S. The lowest BCUT2D eigenvalue weighted by Gasteiger charge is -2.53. The van der Waals surface area contributed by atoms with Crippen molar-refractivity contribution in [3.05, 3.63) is 12.4 Å². The van der Waals surface area contributed by atoms with E-state index in [1.165, 1.54) is 0 Å². The summed E-state index contributed by atoms with van der Waals surface area (Å²) >= 11 is 0. The van der Waals surface area contributed by atoms with E-state index in [1.54, 1.807) is 13.3 Å². The fraction of sp³-hybridized carbons (Fsp3) is 0.750. The second-order valence-corrected chi connectivity index (χ2v) is 9.23. The highest BCUT2D eigenvalue weighted by Gasteiger charge is 2.47. The molecule has 0 radical (unpaired) electrons. The second kappa shape index (κ2) is 7.05. The van der Waals surface area contributed by atoms with E-state index in [-0.39, 0.29) is 17.3 Å². The molecule has 1 atom stereocenters. The van der Waals surface area contributed by atoms with E-state index in [2.05, 4.69) is 19.6 Å². The SMILES string of the molecule is CCS(=O)(=O)NCC1CCC2(CN(c3cc(N(C)C)ncn3)C2)OC1. The van der Waals surface area contributed by atoms with Gasteiger partial charge in [-0.2, -0.15) is 0 Å². The van der Waals surface area contributed by atoms with Crippen molar-refractivity contribution >= 4 is 21.7 Å². The zero-order valence-corrected chi connectivity index (χ0v) is 15.9. The van der Waals surface area contributed by atoms with Gasteiger partial charge in [-0.1, -0.05) is 0 Å². The molecule has 3 heterocycles. The van der Waals surface area contributed by atoms with Gasteiger partial charge in [0, 0.05) is 26.7 Å². The van der Waals surface area contributed by atoms with E-state index < -0.39 is 10.0 Å². The second-order valence-electron chi connectivity index (χ2n) is 7.14. The van der Waals surface area contributed by atoms with E-state index in [0.29, 0.717) is 13.2 Å². The van der Waals surface area contributed by atoms with Gasteiger partial charge in [0.25, 0.3) is 0 Å².